The molecule has 1 fully saturated rings. The third kappa shape index (κ3) is 4.25. The van der Waals surface area contributed by atoms with Crippen molar-refractivity contribution in [3.63, 3.8) is 0 Å². The third-order valence-corrected chi connectivity index (χ3v) is 4.89. The van der Waals surface area contributed by atoms with E-state index in [4.69, 9.17) is 4.74 Å². The van der Waals surface area contributed by atoms with Gasteiger partial charge < -0.3 is 14.7 Å². The van der Waals surface area contributed by atoms with E-state index < -0.39 is 5.60 Å². The highest BCUT2D eigenvalue weighted by Crippen LogP contribution is 2.24. The van der Waals surface area contributed by atoms with Crippen molar-refractivity contribution in [1.29, 1.82) is 0 Å². The Hall–Kier alpha value is -2.34. The lowest BCUT2D eigenvalue weighted by molar-refractivity contribution is -0.141. The molecule has 1 N–H and O–H groups in total. The Morgan fingerprint density at radius 1 is 1.31 bits per heavy atom. The molecule has 1 aromatic heterocycles. The number of carbonyl (C=O) groups is 1. The summed E-state index contributed by atoms with van der Waals surface area (Å²) in [5.74, 6) is 0.747. The standard InChI is InChI=1S/C20H27N3O3/c1-15-7-4-5-8-18(15)26-14-20(25)9-6-10-22(13-20)19(24)12-23-17(3)11-16(2)21-23/h4-5,7-8,11,25H,6,9-10,12-14H2,1-3H3/t20-/m0/s1. The zero-order valence-electron chi connectivity index (χ0n) is 15.7. The van der Waals surface area contributed by atoms with Gasteiger partial charge in [0.15, 0.2) is 0 Å². The SMILES string of the molecule is Cc1cc(C)n(CC(=O)N2CCC[C@@](O)(COc3ccccc3C)C2)n1. The molecule has 3 rings (SSSR count). The lowest BCUT2D eigenvalue weighted by Gasteiger charge is -2.39. The Labute approximate surface area is 154 Å². The van der Waals surface area contributed by atoms with Gasteiger partial charge in [0.2, 0.25) is 5.91 Å². The number of benzene rings is 1. The lowest BCUT2D eigenvalue weighted by Crippen LogP contribution is -2.54. The van der Waals surface area contributed by atoms with E-state index in [0.717, 1.165) is 29.1 Å². The van der Waals surface area contributed by atoms with Crippen LogP contribution < -0.4 is 4.74 Å². The number of ether oxygens (including phenoxy) is 1. The van der Waals surface area contributed by atoms with Crippen LogP contribution in [0.3, 0.4) is 0 Å². The summed E-state index contributed by atoms with van der Waals surface area (Å²) in [6.45, 7) is 7.16. The van der Waals surface area contributed by atoms with Crippen molar-refractivity contribution >= 4 is 5.91 Å². The van der Waals surface area contributed by atoms with Crippen molar-refractivity contribution in [1.82, 2.24) is 14.7 Å². The van der Waals surface area contributed by atoms with E-state index >= 15 is 0 Å². The molecule has 26 heavy (non-hydrogen) atoms. The van der Waals surface area contributed by atoms with Crippen LogP contribution in [-0.4, -0.2) is 51.0 Å². The van der Waals surface area contributed by atoms with Gasteiger partial charge in [0.05, 0.1) is 12.2 Å². The predicted molar refractivity (Wildman–Crippen MR) is 99.1 cm³/mol. The largest absolute Gasteiger partial charge is 0.490 e. The number of likely N-dealkylation sites (tertiary alicyclic amines) is 1. The van der Waals surface area contributed by atoms with Crippen LogP contribution >= 0.6 is 0 Å². The number of aromatic nitrogens is 2. The first-order chi connectivity index (χ1) is 12.4. The number of hydrogen-bond acceptors (Lipinski definition) is 4. The van der Waals surface area contributed by atoms with Crippen molar-refractivity contribution in [2.24, 2.45) is 0 Å². The van der Waals surface area contributed by atoms with Gasteiger partial charge in [-0.3, -0.25) is 9.48 Å². The van der Waals surface area contributed by atoms with Crippen LogP contribution in [0.2, 0.25) is 0 Å². The predicted octanol–water partition coefficient (Wildman–Crippen LogP) is 2.24. The number of carbonyl (C=O) groups excluding carboxylic acids is 1. The zero-order valence-corrected chi connectivity index (χ0v) is 15.7. The van der Waals surface area contributed by atoms with Crippen molar-refractivity contribution in [3.8, 4) is 5.75 Å². The van der Waals surface area contributed by atoms with E-state index in [2.05, 4.69) is 5.10 Å². The molecule has 6 nitrogen and oxygen atoms in total. The first-order valence-corrected chi connectivity index (χ1v) is 9.06. The van der Waals surface area contributed by atoms with Crippen LogP contribution in [-0.2, 0) is 11.3 Å². The molecule has 0 saturated carbocycles. The second-order valence-electron chi connectivity index (χ2n) is 7.28. The minimum Gasteiger partial charge on any atom is -0.490 e. The average Bonchev–Trinajstić information content (AvgIpc) is 2.91. The second kappa shape index (κ2) is 7.50. The topological polar surface area (TPSA) is 67.6 Å². The number of rotatable bonds is 5. The van der Waals surface area contributed by atoms with E-state index in [0.29, 0.717) is 13.0 Å². The minimum atomic E-state index is -1.02. The summed E-state index contributed by atoms with van der Waals surface area (Å²) in [6.07, 6.45) is 1.39. The Bertz CT molecular complexity index is 786. The molecule has 0 spiro atoms. The van der Waals surface area contributed by atoms with Crippen molar-refractivity contribution < 1.29 is 14.6 Å². The monoisotopic (exact) mass is 357 g/mol. The lowest BCUT2D eigenvalue weighted by atomic mass is 9.93. The summed E-state index contributed by atoms with van der Waals surface area (Å²) >= 11 is 0. The number of amides is 1. The number of β-amino-alcohol motifs (C(OH)–C–C–N with tert-alkyl or cyclic N) is 1. The van der Waals surface area contributed by atoms with Crippen LogP contribution in [0.1, 0.15) is 29.8 Å². The molecule has 2 heterocycles. The van der Waals surface area contributed by atoms with Gasteiger partial charge in [-0.1, -0.05) is 18.2 Å². The molecule has 1 aliphatic rings. The Morgan fingerprint density at radius 2 is 2.08 bits per heavy atom. The van der Waals surface area contributed by atoms with Crippen LogP contribution in [0, 0.1) is 20.8 Å². The summed E-state index contributed by atoms with van der Waals surface area (Å²) < 4.78 is 7.56. The highest BCUT2D eigenvalue weighted by atomic mass is 16.5. The van der Waals surface area contributed by atoms with Crippen LogP contribution in [0.5, 0.6) is 5.75 Å². The summed E-state index contributed by atoms with van der Waals surface area (Å²) in [5.41, 5.74) is 1.87. The number of aryl methyl sites for hydroxylation is 3. The van der Waals surface area contributed by atoms with Gasteiger partial charge in [-0.2, -0.15) is 5.10 Å². The van der Waals surface area contributed by atoms with Gasteiger partial charge >= 0.3 is 0 Å². The fourth-order valence-electron chi connectivity index (χ4n) is 3.44. The fourth-order valence-corrected chi connectivity index (χ4v) is 3.44. The van der Waals surface area contributed by atoms with Crippen molar-refractivity contribution in [2.75, 3.05) is 19.7 Å². The molecule has 0 bridgehead atoms. The maximum Gasteiger partial charge on any atom is 0.244 e. The number of para-hydroxylation sites is 1. The van der Waals surface area contributed by atoms with E-state index in [1.54, 1.807) is 9.58 Å². The molecule has 6 heteroatoms. The van der Waals surface area contributed by atoms with E-state index in [-0.39, 0.29) is 25.6 Å². The van der Waals surface area contributed by atoms with Gasteiger partial charge in [-0.25, -0.2) is 0 Å². The minimum absolute atomic E-state index is 0.0229. The van der Waals surface area contributed by atoms with Gasteiger partial charge in [-0.05, 0) is 51.3 Å². The van der Waals surface area contributed by atoms with Crippen LogP contribution in [0.4, 0.5) is 0 Å². The molecular formula is C20H27N3O3. The molecule has 1 aromatic carbocycles. The Balaban J connectivity index is 1.61. The number of hydrogen-bond donors (Lipinski definition) is 1. The van der Waals surface area contributed by atoms with Gasteiger partial charge in [0, 0.05) is 12.2 Å². The van der Waals surface area contributed by atoms with Crippen molar-refractivity contribution in [3.05, 3.63) is 47.3 Å². The number of aliphatic hydroxyl groups is 1. The molecule has 0 radical (unpaired) electrons. The first-order valence-electron chi connectivity index (χ1n) is 9.06. The maximum absolute atomic E-state index is 12.7. The summed E-state index contributed by atoms with van der Waals surface area (Å²) in [7, 11) is 0. The van der Waals surface area contributed by atoms with Gasteiger partial charge in [0.25, 0.3) is 0 Å². The fraction of sp³-hybridized carbons (Fsp3) is 0.500. The smallest absolute Gasteiger partial charge is 0.244 e. The number of nitrogens with zero attached hydrogens (tertiary/aromatic N) is 3. The quantitative estimate of drug-likeness (QED) is 0.891. The number of piperidine rings is 1. The van der Waals surface area contributed by atoms with Crippen LogP contribution in [0.15, 0.2) is 30.3 Å². The Morgan fingerprint density at radius 3 is 2.77 bits per heavy atom. The summed E-state index contributed by atoms with van der Waals surface area (Å²) in [4.78, 5) is 14.4. The molecule has 1 atom stereocenters. The normalized spacial score (nSPS) is 20.2. The van der Waals surface area contributed by atoms with Crippen LogP contribution in [0.25, 0.3) is 0 Å². The Kier molecular flexibility index (Phi) is 5.32. The molecule has 1 saturated heterocycles. The molecule has 2 aromatic rings. The van der Waals surface area contributed by atoms with E-state index in [1.165, 1.54) is 0 Å². The molecular weight excluding hydrogens is 330 g/mol. The van der Waals surface area contributed by atoms with Gasteiger partial charge in [0.1, 0.15) is 24.5 Å². The summed E-state index contributed by atoms with van der Waals surface area (Å²) in [5, 5.41) is 15.3. The highest BCUT2D eigenvalue weighted by Gasteiger charge is 2.36. The molecule has 0 unspecified atom stereocenters. The highest BCUT2D eigenvalue weighted by molar-refractivity contribution is 5.76. The summed E-state index contributed by atoms with van der Waals surface area (Å²) in [6, 6.07) is 9.70. The van der Waals surface area contributed by atoms with E-state index in [9.17, 15) is 9.90 Å². The third-order valence-electron chi connectivity index (χ3n) is 4.89. The van der Waals surface area contributed by atoms with E-state index in [1.807, 2.05) is 51.1 Å². The molecule has 140 valence electrons. The zero-order chi connectivity index (χ0) is 18.7. The maximum atomic E-state index is 12.7. The van der Waals surface area contributed by atoms with Gasteiger partial charge in [-0.15, -0.1) is 0 Å². The average molecular weight is 357 g/mol. The second-order valence-corrected chi connectivity index (χ2v) is 7.28. The first kappa shape index (κ1) is 18.5. The van der Waals surface area contributed by atoms with Crippen molar-refractivity contribution in [2.45, 2.75) is 45.8 Å². The molecule has 0 aliphatic carbocycles. The molecule has 1 aliphatic heterocycles. The molecule has 1 amide bonds.